The van der Waals surface area contributed by atoms with Crippen LogP contribution in [0.15, 0.2) is 54.6 Å². The lowest BCUT2D eigenvalue weighted by molar-refractivity contribution is -0.116. The summed E-state index contributed by atoms with van der Waals surface area (Å²) in [6, 6.07) is 19.6. The van der Waals surface area contributed by atoms with Crippen molar-refractivity contribution in [2.75, 3.05) is 24.5 Å². The summed E-state index contributed by atoms with van der Waals surface area (Å²) in [4.78, 5) is 16.9. The van der Waals surface area contributed by atoms with Gasteiger partial charge in [0.05, 0.1) is 0 Å². The lowest BCUT2D eigenvalue weighted by Gasteiger charge is -2.38. The van der Waals surface area contributed by atoms with Crippen LogP contribution in [0.4, 0.5) is 5.69 Å². The van der Waals surface area contributed by atoms with Gasteiger partial charge in [-0.3, -0.25) is 9.69 Å². The van der Waals surface area contributed by atoms with E-state index in [9.17, 15) is 4.79 Å². The lowest BCUT2D eigenvalue weighted by atomic mass is 9.95. The van der Waals surface area contributed by atoms with E-state index in [2.05, 4.69) is 29.2 Å². The van der Waals surface area contributed by atoms with Crippen molar-refractivity contribution in [1.82, 2.24) is 4.90 Å². The second-order valence-corrected chi connectivity index (χ2v) is 7.80. The fourth-order valence-corrected chi connectivity index (χ4v) is 4.65. The number of rotatable bonds is 4. The number of anilines is 1. The topological polar surface area (TPSA) is 23.6 Å². The van der Waals surface area contributed by atoms with E-state index in [4.69, 9.17) is 0 Å². The first-order valence-corrected chi connectivity index (χ1v) is 9.84. The van der Waals surface area contributed by atoms with Gasteiger partial charge in [0.1, 0.15) is 0 Å². The van der Waals surface area contributed by atoms with E-state index >= 15 is 0 Å². The normalized spacial score (nSPS) is 20.7. The van der Waals surface area contributed by atoms with E-state index < -0.39 is 0 Å². The van der Waals surface area contributed by atoms with Gasteiger partial charge >= 0.3 is 0 Å². The first-order chi connectivity index (χ1) is 12.7. The summed E-state index contributed by atoms with van der Waals surface area (Å²) >= 11 is 0. The molecule has 0 N–H and O–H groups in total. The largest absolute Gasteiger partial charge is 0.312 e. The van der Waals surface area contributed by atoms with Crippen LogP contribution in [0.1, 0.15) is 30.9 Å². The zero-order valence-corrected chi connectivity index (χ0v) is 15.6. The number of benzene rings is 2. The Labute approximate surface area is 156 Å². The predicted molar refractivity (Wildman–Crippen MR) is 106 cm³/mol. The number of amides is 1. The molecule has 1 aliphatic carbocycles. The van der Waals surface area contributed by atoms with Crippen molar-refractivity contribution < 1.29 is 4.79 Å². The molecule has 0 saturated carbocycles. The van der Waals surface area contributed by atoms with E-state index in [0.717, 1.165) is 18.8 Å². The molecule has 0 aromatic heterocycles. The van der Waals surface area contributed by atoms with Crippen molar-refractivity contribution in [3.05, 3.63) is 65.7 Å². The standard InChI is InChI=1S/C23H28N2O/c1-18(26)25(22-11-3-2-4-12-22)17-19-8-7-13-24(16-19)23-14-20-9-5-6-10-21(20)15-23/h2-6,9-12,19,23H,7-8,13-17H2,1H3/t19-/m1/s1. The molecule has 0 radical (unpaired) electrons. The molecule has 0 bridgehead atoms. The molecule has 26 heavy (non-hydrogen) atoms. The summed E-state index contributed by atoms with van der Waals surface area (Å²) in [6.07, 6.45) is 4.81. The maximum atomic E-state index is 12.2. The number of para-hydroxylation sites is 1. The van der Waals surface area contributed by atoms with Crippen LogP contribution >= 0.6 is 0 Å². The van der Waals surface area contributed by atoms with Crippen molar-refractivity contribution in [2.45, 2.75) is 38.6 Å². The van der Waals surface area contributed by atoms with Crippen molar-refractivity contribution in [2.24, 2.45) is 5.92 Å². The SMILES string of the molecule is CC(=O)N(C[C@@H]1CCCN(C2Cc3ccccc3C2)C1)c1ccccc1. The Morgan fingerprint density at radius 2 is 1.69 bits per heavy atom. The van der Waals surface area contributed by atoms with E-state index in [-0.39, 0.29) is 5.91 Å². The Bertz CT molecular complexity index is 733. The van der Waals surface area contributed by atoms with Gasteiger partial charge in [-0.25, -0.2) is 0 Å². The maximum Gasteiger partial charge on any atom is 0.223 e. The fraction of sp³-hybridized carbons (Fsp3) is 0.435. The van der Waals surface area contributed by atoms with Crippen LogP contribution in [-0.2, 0) is 17.6 Å². The minimum atomic E-state index is 0.140. The Hall–Kier alpha value is -2.13. The summed E-state index contributed by atoms with van der Waals surface area (Å²) in [6.45, 7) is 4.81. The molecule has 2 aliphatic rings. The van der Waals surface area contributed by atoms with Crippen LogP contribution in [0.3, 0.4) is 0 Å². The average Bonchev–Trinajstić information content (AvgIpc) is 3.11. The van der Waals surface area contributed by atoms with Crippen LogP contribution < -0.4 is 4.90 Å². The molecule has 2 aromatic rings. The van der Waals surface area contributed by atoms with Gasteiger partial charge in [0.25, 0.3) is 0 Å². The van der Waals surface area contributed by atoms with E-state index in [1.807, 2.05) is 35.2 Å². The summed E-state index contributed by atoms with van der Waals surface area (Å²) < 4.78 is 0. The van der Waals surface area contributed by atoms with Gasteiger partial charge in [0.15, 0.2) is 0 Å². The summed E-state index contributed by atoms with van der Waals surface area (Å²) in [5, 5.41) is 0. The molecule has 3 nitrogen and oxygen atoms in total. The van der Waals surface area contributed by atoms with Crippen molar-refractivity contribution in [1.29, 1.82) is 0 Å². The molecule has 0 spiro atoms. The molecule has 1 atom stereocenters. The zero-order chi connectivity index (χ0) is 17.9. The molecule has 136 valence electrons. The molecular weight excluding hydrogens is 320 g/mol. The third-order valence-corrected chi connectivity index (χ3v) is 5.99. The predicted octanol–water partition coefficient (Wildman–Crippen LogP) is 3.92. The minimum Gasteiger partial charge on any atom is -0.312 e. The van der Waals surface area contributed by atoms with Crippen LogP contribution in [-0.4, -0.2) is 36.5 Å². The first kappa shape index (κ1) is 17.3. The minimum absolute atomic E-state index is 0.140. The highest BCUT2D eigenvalue weighted by Gasteiger charge is 2.31. The number of nitrogens with zero attached hydrogens (tertiary/aromatic N) is 2. The third-order valence-electron chi connectivity index (χ3n) is 5.99. The second-order valence-electron chi connectivity index (χ2n) is 7.80. The summed E-state index contributed by atoms with van der Waals surface area (Å²) in [5.74, 6) is 0.693. The number of likely N-dealkylation sites (tertiary alicyclic amines) is 1. The van der Waals surface area contributed by atoms with Crippen molar-refractivity contribution in [3.63, 3.8) is 0 Å². The molecule has 1 fully saturated rings. The first-order valence-electron chi connectivity index (χ1n) is 9.84. The lowest BCUT2D eigenvalue weighted by Crippen LogP contribution is -2.46. The smallest absolute Gasteiger partial charge is 0.223 e. The maximum absolute atomic E-state index is 12.2. The number of carbonyl (C=O) groups excluding carboxylic acids is 1. The average molecular weight is 348 g/mol. The van der Waals surface area contributed by atoms with Gasteiger partial charge in [-0.2, -0.15) is 0 Å². The number of piperidine rings is 1. The third kappa shape index (κ3) is 3.68. The Kier molecular flexibility index (Phi) is 5.07. The quantitative estimate of drug-likeness (QED) is 0.836. The van der Waals surface area contributed by atoms with Crippen LogP contribution in [0.25, 0.3) is 0 Å². The van der Waals surface area contributed by atoms with E-state index in [1.54, 1.807) is 6.92 Å². The monoisotopic (exact) mass is 348 g/mol. The molecule has 1 amide bonds. The Morgan fingerprint density at radius 3 is 2.35 bits per heavy atom. The molecule has 1 heterocycles. The molecule has 4 rings (SSSR count). The highest BCUT2D eigenvalue weighted by atomic mass is 16.2. The van der Waals surface area contributed by atoms with E-state index in [0.29, 0.717) is 12.0 Å². The summed E-state index contributed by atoms with van der Waals surface area (Å²) in [5.41, 5.74) is 4.06. The number of carbonyl (C=O) groups is 1. The molecular formula is C23H28N2O. The molecule has 0 unspecified atom stereocenters. The van der Waals surface area contributed by atoms with Gasteiger partial charge in [-0.05, 0) is 61.4 Å². The van der Waals surface area contributed by atoms with E-state index in [1.165, 1.54) is 43.4 Å². The Balaban J connectivity index is 1.41. The fourth-order valence-electron chi connectivity index (χ4n) is 4.65. The van der Waals surface area contributed by atoms with Gasteiger partial charge in [-0.1, -0.05) is 42.5 Å². The highest BCUT2D eigenvalue weighted by molar-refractivity contribution is 5.91. The summed E-state index contributed by atoms with van der Waals surface area (Å²) in [7, 11) is 0. The number of hydrogen-bond donors (Lipinski definition) is 0. The molecule has 1 aliphatic heterocycles. The van der Waals surface area contributed by atoms with Gasteiger partial charge < -0.3 is 4.90 Å². The van der Waals surface area contributed by atoms with Gasteiger partial charge in [0, 0.05) is 31.7 Å². The Morgan fingerprint density at radius 1 is 1.04 bits per heavy atom. The number of hydrogen-bond acceptors (Lipinski definition) is 2. The van der Waals surface area contributed by atoms with Crippen LogP contribution in [0.5, 0.6) is 0 Å². The van der Waals surface area contributed by atoms with Crippen molar-refractivity contribution >= 4 is 11.6 Å². The van der Waals surface area contributed by atoms with Gasteiger partial charge in [0.2, 0.25) is 5.91 Å². The molecule has 2 aromatic carbocycles. The van der Waals surface area contributed by atoms with Crippen LogP contribution in [0, 0.1) is 5.92 Å². The second kappa shape index (κ2) is 7.63. The zero-order valence-electron chi connectivity index (χ0n) is 15.6. The highest BCUT2D eigenvalue weighted by Crippen LogP contribution is 2.29. The number of fused-ring (bicyclic) bond motifs is 1. The molecule has 1 saturated heterocycles. The van der Waals surface area contributed by atoms with Crippen molar-refractivity contribution in [3.8, 4) is 0 Å². The van der Waals surface area contributed by atoms with Gasteiger partial charge in [-0.15, -0.1) is 0 Å². The van der Waals surface area contributed by atoms with Crippen LogP contribution in [0.2, 0.25) is 0 Å². The molecule has 3 heteroatoms.